The Morgan fingerprint density at radius 3 is 2.57 bits per heavy atom. The summed E-state index contributed by atoms with van der Waals surface area (Å²) in [4.78, 5) is 27.1. The van der Waals surface area contributed by atoms with Gasteiger partial charge in [-0.05, 0) is 45.3 Å². The maximum atomic E-state index is 12.6. The first kappa shape index (κ1) is 22.1. The predicted molar refractivity (Wildman–Crippen MR) is 113 cm³/mol. The van der Waals surface area contributed by atoms with Gasteiger partial charge >= 0.3 is 0 Å². The fourth-order valence-corrected chi connectivity index (χ4v) is 4.06. The zero-order valence-corrected chi connectivity index (χ0v) is 17.6. The maximum Gasteiger partial charge on any atom is 0.227 e. The molecule has 2 heterocycles. The molecule has 1 aromatic carbocycles. The van der Waals surface area contributed by atoms with Crippen LogP contribution in [-0.4, -0.2) is 46.8 Å². The molecular weight excluding hydrogens is 384 g/mol. The molecule has 1 aliphatic rings. The standard InChI is InChI=1S/C23H30N2O5/c1-16(26)14-24-20(28)13-23(22-21(29)19(27)12-17(2)30-22)8-10-25(11-9-23)15-18-6-4-3-5-7-18/h3-7,12,16,26,29H,8-11,13-15H2,1-2H3,(H,24,28)/t16-/m1/s1. The quantitative estimate of drug-likeness (QED) is 0.641. The van der Waals surface area contributed by atoms with Crippen molar-refractivity contribution in [2.75, 3.05) is 19.6 Å². The summed E-state index contributed by atoms with van der Waals surface area (Å²) in [6.45, 7) is 5.62. The van der Waals surface area contributed by atoms with Crippen LogP contribution < -0.4 is 10.7 Å². The molecule has 2 aromatic rings. The normalized spacial score (nSPS) is 17.4. The summed E-state index contributed by atoms with van der Waals surface area (Å²) < 4.78 is 5.81. The molecule has 3 rings (SSSR count). The third-order valence-electron chi connectivity index (χ3n) is 5.68. The van der Waals surface area contributed by atoms with Crippen LogP contribution in [0.15, 0.2) is 45.6 Å². The molecule has 1 saturated heterocycles. The van der Waals surface area contributed by atoms with Gasteiger partial charge in [0, 0.05) is 31.0 Å². The van der Waals surface area contributed by atoms with Gasteiger partial charge in [-0.3, -0.25) is 14.5 Å². The Morgan fingerprint density at radius 2 is 1.93 bits per heavy atom. The second kappa shape index (κ2) is 9.45. The van der Waals surface area contributed by atoms with E-state index in [1.807, 2.05) is 18.2 Å². The Hall–Kier alpha value is -2.64. The molecule has 162 valence electrons. The lowest BCUT2D eigenvalue weighted by Gasteiger charge is -2.41. The van der Waals surface area contributed by atoms with Crippen molar-refractivity contribution in [1.82, 2.24) is 10.2 Å². The number of amides is 1. The number of nitrogens with one attached hydrogen (secondary N) is 1. The first-order chi connectivity index (χ1) is 14.3. The Bertz CT molecular complexity index is 915. The lowest BCUT2D eigenvalue weighted by Crippen LogP contribution is -2.46. The maximum absolute atomic E-state index is 12.6. The first-order valence-corrected chi connectivity index (χ1v) is 10.3. The van der Waals surface area contributed by atoms with Crippen LogP contribution in [0.1, 0.15) is 43.3 Å². The van der Waals surface area contributed by atoms with Crippen LogP contribution in [0.2, 0.25) is 0 Å². The van der Waals surface area contributed by atoms with E-state index in [0.29, 0.717) is 31.7 Å². The van der Waals surface area contributed by atoms with Gasteiger partial charge in [-0.1, -0.05) is 30.3 Å². The minimum Gasteiger partial charge on any atom is -0.502 e. The summed E-state index contributed by atoms with van der Waals surface area (Å²) in [7, 11) is 0. The molecule has 1 aromatic heterocycles. The van der Waals surface area contributed by atoms with E-state index in [9.17, 15) is 19.8 Å². The van der Waals surface area contributed by atoms with E-state index >= 15 is 0 Å². The zero-order chi connectivity index (χ0) is 21.7. The molecule has 7 heteroatoms. The van der Waals surface area contributed by atoms with Gasteiger partial charge in [0.2, 0.25) is 17.1 Å². The highest BCUT2D eigenvalue weighted by Crippen LogP contribution is 2.42. The number of piperidine rings is 1. The van der Waals surface area contributed by atoms with Crippen LogP contribution in [0.3, 0.4) is 0 Å². The van der Waals surface area contributed by atoms with Crippen LogP contribution in [0, 0.1) is 6.92 Å². The van der Waals surface area contributed by atoms with Gasteiger partial charge in [0.1, 0.15) is 5.76 Å². The van der Waals surface area contributed by atoms with Crippen molar-refractivity contribution >= 4 is 5.91 Å². The van der Waals surface area contributed by atoms with Crippen molar-refractivity contribution in [2.24, 2.45) is 0 Å². The average Bonchev–Trinajstić information content (AvgIpc) is 2.71. The number of hydrogen-bond donors (Lipinski definition) is 3. The molecule has 1 amide bonds. The van der Waals surface area contributed by atoms with Gasteiger partial charge in [-0.15, -0.1) is 0 Å². The zero-order valence-electron chi connectivity index (χ0n) is 17.6. The van der Waals surface area contributed by atoms with E-state index < -0.39 is 22.7 Å². The van der Waals surface area contributed by atoms with Crippen LogP contribution in [0.5, 0.6) is 5.75 Å². The number of hydrogen-bond acceptors (Lipinski definition) is 6. The number of rotatable bonds is 7. The number of likely N-dealkylation sites (tertiary alicyclic amines) is 1. The summed E-state index contributed by atoms with van der Waals surface area (Å²) in [5.41, 5.74) is -0.0561. The summed E-state index contributed by atoms with van der Waals surface area (Å²) in [6, 6.07) is 11.4. The summed E-state index contributed by atoms with van der Waals surface area (Å²) in [5.74, 6) is -0.0567. The fourth-order valence-electron chi connectivity index (χ4n) is 4.06. The van der Waals surface area contributed by atoms with E-state index in [-0.39, 0.29) is 24.6 Å². The highest BCUT2D eigenvalue weighted by atomic mass is 16.4. The van der Waals surface area contributed by atoms with E-state index in [1.165, 1.54) is 11.6 Å². The fraction of sp³-hybridized carbons (Fsp3) is 0.478. The SMILES string of the molecule is Cc1cc(=O)c(O)c(C2(CC(=O)NC[C@@H](C)O)CCN(Cc3ccccc3)CC2)o1. The van der Waals surface area contributed by atoms with Gasteiger partial charge in [-0.25, -0.2) is 0 Å². The predicted octanol–water partition coefficient (Wildman–Crippen LogP) is 2.07. The molecule has 1 aliphatic heterocycles. The molecule has 7 nitrogen and oxygen atoms in total. The molecule has 0 saturated carbocycles. The van der Waals surface area contributed by atoms with Crippen molar-refractivity contribution in [3.05, 3.63) is 63.7 Å². The van der Waals surface area contributed by atoms with Gasteiger partial charge < -0.3 is 19.9 Å². The second-order valence-corrected chi connectivity index (χ2v) is 8.27. The molecule has 30 heavy (non-hydrogen) atoms. The Labute approximate surface area is 176 Å². The monoisotopic (exact) mass is 414 g/mol. The molecule has 0 bridgehead atoms. The van der Waals surface area contributed by atoms with E-state index in [4.69, 9.17) is 4.42 Å². The second-order valence-electron chi connectivity index (χ2n) is 8.27. The van der Waals surface area contributed by atoms with Gasteiger partial charge in [0.05, 0.1) is 6.10 Å². The van der Waals surface area contributed by atoms with Crippen LogP contribution >= 0.6 is 0 Å². The van der Waals surface area contributed by atoms with Crippen LogP contribution in [0.25, 0.3) is 0 Å². The van der Waals surface area contributed by atoms with Crippen molar-refractivity contribution < 1.29 is 19.4 Å². The van der Waals surface area contributed by atoms with E-state index in [0.717, 1.165) is 6.54 Å². The minimum atomic E-state index is -0.773. The summed E-state index contributed by atoms with van der Waals surface area (Å²) >= 11 is 0. The largest absolute Gasteiger partial charge is 0.502 e. The molecule has 0 unspecified atom stereocenters. The number of carbonyl (C=O) groups is 1. The topological polar surface area (TPSA) is 103 Å². The average molecular weight is 415 g/mol. The van der Waals surface area contributed by atoms with E-state index in [2.05, 4.69) is 22.3 Å². The van der Waals surface area contributed by atoms with Gasteiger partial charge in [0.15, 0.2) is 5.76 Å². The first-order valence-electron chi connectivity index (χ1n) is 10.3. The number of benzene rings is 1. The molecule has 1 fully saturated rings. The number of aryl methyl sites for hydroxylation is 1. The van der Waals surface area contributed by atoms with Gasteiger partial charge in [0.25, 0.3) is 0 Å². The van der Waals surface area contributed by atoms with Crippen molar-refractivity contribution in [3.63, 3.8) is 0 Å². The van der Waals surface area contributed by atoms with Crippen molar-refractivity contribution in [1.29, 1.82) is 0 Å². The molecule has 3 N–H and O–H groups in total. The lowest BCUT2D eigenvalue weighted by molar-refractivity contribution is -0.123. The highest BCUT2D eigenvalue weighted by Gasteiger charge is 2.43. The Balaban J connectivity index is 1.83. The Morgan fingerprint density at radius 1 is 1.27 bits per heavy atom. The van der Waals surface area contributed by atoms with Crippen molar-refractivity contribution in [3.8, 4) is 5.75 Å². The molecule has 0 spiro atoms. The molecule has 0 aliphatic carbocycles. The summed E-state index contributed by atoms with van der Waals surface area (Å²) in [6.07, 6.45) is 0.575. The van der Waals surface area contributed by atoms with E-state index in [1.54, 1.807) is 13.8 Å². The number of aliphatic hydroxyl groups excluding tert-OH is 1. The number of aliphatic hydroxyl groups is 1. The highest BCUT2D eigenvalue weighted by molar-refractivity contribution is 5.77. The third-order valence-corrected chi connectivity index (χ3v) is 5.68. The number of carbonyl (C=O) groups excluding carboxylic acids is 1. The van der Waals surface area contributed by atoms with Crippen LogP contribution in [-0.2, 0) is 16.8 Å². The molecule has 0 radical (unpaired) electrons. The molecular formula is C23H30N2O5. The Kier molecular flexibility index (Phi) is 6.95. The lowest BCUT2D eigenvalue weighted by atomic mass is 9.72. The number of aromatic hydroxyl groups is 1. The van der Waals surface area contributed by atoms with Crippen molar-refractivity contribution in [2.45, 2.75) is 51.2 Å². The number of nitrogens with zero attached hydrogens (tertiary/aromatic N) is 1. The smallest absolute Gasteiger partial charge is 0.227 e. The molecule has 1 atom stereocenters. The van der Waals surface area contributed by atoms with Crippen LogP contribution in [0.4, 0.5) is 0 Å². The van der Waals surface area contributed by atoms with Gasteiger partial charge in [-0.2, -0.15) is 0 Å². The summed E-state index contributed by atoms with van der Waals surface area (Å²) in [5, 5.41) is 22.7. The minimum absolute atomic E-state index is 0.0822. The third kappa shape index (κ3) is 5.29.